The van der Waals surface area contributed by atoms with Crippen molar-refractivity contribution >= 4 is 0 Å². The van der Waals surface area contributed by atoms with Gasteiger partial charge >= 0.3 is 0 Å². The molecule has 2 saturated heterocycles. The van der Waals surface area contributed by atoms with Gasteiger partial charge in [0.2, 0.25) is 0 Å². The first-order valence-electron chi connectivity index (χ1n) is 6.85. The van der Waals surface area contributed by atoms with Gasteiger partial charge in [0.1, 0.15) is 0 Å². The van der Waals surface area contributed by atoms with E-state index < -0.39 is 0 Å². The van der Waals surface area contributed by atoms with Crippen LogP contribution in [0.4, 0.5) is 0 Å². The predicted molar refractivity (Wildman–Crippen MR) is 70.2 cm³/mol. The molecule has 3 heterocycles. The van der Waals surface area contributed by atoms with E-state index in [1.807, 2.05) is 12.4 Å². The van der Waals surface area contributed by atoms with Gasteiger partial charge in [0.05, 0.1) is 13.2 Å². The summed E-state index contributed by atoms with van der Waals surface area (Å²) in [6, 6.07) is 4.84. The number of rotatable bonds is 2. The highest BCUT2D eigenvalue weighted by molar-refractivity contribution is 5.10. The van der Waals surface area contributed by atoms with Crippen LogP contribution in [0.25, 0.3) is 0 Å². The highest BCUT2D eigenvalue weighted by atomic mass is 16.5. The smallest absolute Gasteiger partial charge is 0.0593 e. The second-order valence-electron chi connectivity index (χ2n) is 5.22. The first kappa shape index (κ1) is 12.1. The van der Waals surface area contributed by atoms with E-state index in [0.29, 0.717) is 12.0 Å². The van der Waals surface area contributed by atoms with Gasteiger partial charge in [-0.2, -0.15) is 0 Å². The van der Waals surface area contributed by atoms with Crippen LogP contribution in [-0.2, 0) is 11.3 Å². The number of hydrogen-bond donors (Lipinski definition) is 1. The van der Waals surface area contributed by atoms with E-state index in [2.05, 4.69) is 27.3 Å². The molecular formula is C14H21N3O. The molecule has 0 aliphatic carbocycles. The molecule has 2 aliphatic heterocycles. The molecule has 0 unspecified atom stereocenters. The highest BCUT2D eigenvalue weighted by Gasteiger charge is 2.32. The van der Waals surface area contributed by atoms with E-state index in [4.69, 9.17) is 4.74 Å². The number of aromatic nitrogens is 1. The normalized spacial score (nSPS) is 29.6. The second-order valence-corrected chi connectivity index (χ2v) is 5.22. The number of ether oxygens (including phenoxy) is 1. The minimum Gasteiger partial charge on any atom is -0.380 e. The number of piperidine rings is 1. The Morgan fingerprint density at radius 2 is 2.28 bits per heavy atom. The average molecular weight is 247 g/mol. The molecule has 4 heteroatoms. The largest absolute Gasteiger partial charge is 0.380 e. The Kier molecular flexibility index (Phi) is 3.88. The van der Waals surface area contributed by atoms with Gasteiger partial charge in [0, 0.05) is 44.0 Å². The Labute approximate surface area is 108 Å². The first-order chi connectivity index (χ1) is 8.93. The summed E-state index contributed by atoms with van der Waals surface area (Å²) < 4.78 is 5.75. The molecule has 1 aromatic rings. The van der Waals surface area contributed by atoms with Crippen LogP contribution in [0.2, 0.25) is 0 Å². The lowest BCUT2D eigenvalue weighted by molar-refractivity contribution is 0.0991. The zero-order chi connectivity index (χ0) is 12.2. The minimum atomic E-state index is 0.620. The van der Waals surface area contributed by atoms with Gasteiger partial charge in [-0.3, -0.25) is 9.88 Å². The lowest BCUT2D eigenvalue weighted by atomic mass is 9.92. The van der Waals surface area contributed by atoms with Crippen LogP contribution in [0.3, 0.4) is 0 Å². The summed E-state index contributed by atoms with van der Waals surface area (Å²) in [5.41, 5.74) is 1.34. The SMILES string of the molecule is c1cc(CN2CCOC[C@H]3CCNC[C@H]32)ccn1. The summed E-state index contributed by atoms with van der Waals surface area (Å²) in [4.78, 5) is 6.65. The van der Waals surface area contributed by atoms with Crippen molar-refractivity contribution in [1.29, 1.82) is 0 Å². The van der Waals surface area contributed by atoms with Gasteiger partial charge < -0.3 is 10.1 Å². The molecule has 0 aromatic carbocycles. The first-order valence-corrected chi connectivity index (χ1v) is 6.85. The number of hydrogen-bond acceptors (Lipinski definition) is 4. The molecule has 0 radical (unpaired) electrons. The maximum Gasteiger partial charge on any atom is 0.0593 e. The molecule has 2 aliphatic rings. The number of nitrogens with one attached hydrogen (secondary N) is 1. The number of nitrogens with zero attached hydrogens (tertiary/aromatic N) is 2. The Hall–Kier alpha value is -0.970. The molecule has 1 aromatic heterocycles. The molecule has 1 N–H and O–H groups in total. The van der Waals surface area contributed by atoms with E-state index in [-0.39, 0.29) is 0 Å². The monoisotopic (exact) mass is 247 g/mol. The second kappa shape index (κ2) is 5.78. The maximum absolute atomic E-state index is 5.75. The fourth-order valence-electron chi connectivity index (χ4n) is 3.02. The highest BCUT2D eigenvalue weighted by Crippen LogP contribution is 2.22. The third kappa shape index (κ3) is 2.71. The summed E-state index contributed by atoms with van der Waals surface area (Å²) in [7, 11) is 0. The van der Waals surface area contributed by atoms with E-state index in [0.717, 1.165) is 39.4 Å². The molecule has 4 nitrogen and oxygen atoms in total. The molecule has 2 atom stereocenters. The van der Waals surface area contributed by atoms with Gasteiger partial charge in [-0.15, -0.1) is 0 Å². The van der Waals surface area contributed by atoms with E-state index in [9.17, 15) is 0 Å². The minimum absolute atomic E-state index is 0.620. The molecule has 0 bridgehead atoms. The maximum atomic E-state index is 5.75. The molecule has 98 valence electrons. The Balaban J connectivity index is 1.72. The van der Waals surface area contributed by atoms with E-state index in [1.54, 1.807) is 0 Å². The van der Waals surface area contributed by atoms with Crippen molar-refractivity contribution in [3.05, 3.63) is 30.1 Å². The van der Waals surface area contributed by atoms with Gasteiger partial charge in [0.15, 0.2) is 0 Å². The lowest BCUT2D eigenvalue weighted by Gasteiger charge is -2.37. The van der Waals surface area contributed by atoms with Crippen molar-refractivity contribution < 1.29 is 4.74 Å². The fourth-order valence-corrected chi connectivity index (χ4v) is 3.02. The zero-order valence-electron chi connectivity index (χ0n) is 10.7. The third-order valence-corrected chi connectivity index (χ3v) is 4.05. The van der Waals surface area contributed by atoms with Crippen molar-refractivity contribution in [2.45, 2.75) is 19.0 Å². The molecule has 0 spiro atoms. The van der Waals surface area contributed by atoms with Crippen LogP contribution in [-0.4, -0.2) is 48.8 Å². The van der Waals surface area contributed by atoms with Crippen molar-refractivity contribution in [2.24, 2.45) is 5.92 Å². The number of pyridine rings is 1. The van der Waals surface area contributed by atoms with Crippen molar-refractivity contribution in [2.75, 3.05) is 32.8 Å². The van der Waals surface area contributed by atoms with Gasteiger partial charge in [-0.05, 0) is 30.7 Å². The topological polar surface area (TPSA) is 37.4 Å². The standard InChI is InChI=1S/C14H21N3O/c1-4-15-5-2-12(1)10-17-7-8-18-11-13-3-6-16-9-14(13)17/h1-2,4-5,13-14,16H,3,6-11H2/t13-,14-/m1/s1. The molecule has 18 heavy (non-hydrogen) atoms. The quantitative estimate of drug-likeness (QED) is 0.842. The van der Waals surface area contributed by atoms with Crippen LogP contribution in [0.5, 0.6) is 0 Å². The van der Waals surface area contributed by atoms with Crippen LogP contribution >= 0.6 is 0 Å². The van der Waals surface area contributed by atoms with Gasteiger partial charge in [0.25, 0.3) is 0 Å². The summed E-state index contributed by atoms with van der Waals surface area (Å²) in [5.74, 6) is 0.690. The fraction of sp³-hybridized carbons (Fsp3) is 0.643. The van der Waals surface area contributed by atoms with Crippen LogP contribution < -0.4 is 5.32 Å². The van der Waals surface area contributed by atoms with Crippen LogP contribution in [0.15, 0.2) is 24.5 Å². The van der Waals surface area contributed by atoms with Gasteiger partial charge in [-0.1, -0.05) is 0 Å². The molecule has 2 fully saturated rings. The molecule has 3 rings (SSSR count). The van der Waals surface area contributed by atoms with E-state index in [1.165, 1.54) is 12.0 Å². The summed E-state index contributed by atoms with van der Waals surface area (Å²) >= 11 is 0. The third-order valence-electron chi connectivity index (χ3n) is 4.05. The Morgan fingerprint density at radius 3 is 3.17 bits per heavy atom. The lowest BCUT2D eigenvalue weighted by Crippen LogP contribution is -2.51. The van der Waals surface area contributed by atoms with E-state index >= 15 is 0 Å². The predicted octanol–water partition coefficient (Wildman–Crippen LogP) is 0.892. The summed E-state index contributed by atoms with van der Waals surface area (Å²) in [6.45, 7) is 6.06. The summed E-state index contributed by atoms with van der Waals surface area (Å²) in [6.07, 6.45) is 4.98. The van der Waals surface area contributed by atoms with Crippen molar-refractivity contribution in [3.8, 4) is 0 Å². The average Bonchev–Trinajstić information content (AvgIpc) is 2.63. The van der Waals surface area contributed by atoms with Crippen molar-refractivity contribution in [3.63, 3.8) is 0 Å². The molecular weight excluding hydrogens is 226 g/mol. The molecule has 0 saturated carbocycles. The number of fused-ring (bicyclic) bond motifs is 1. The molecule has 0 amide bonds. The van der Waals surface area contributed by atoms with Crippen LogP contribution in [0.1, 0.15) is 12.0 Å². The Morgan fingerprint density at radius 1 is 1.39 bits per heavy atom. The van der Waals surface area contributed by atoms with Crippen molar-refractivity contribution in [1.82, 2.24) is 15.2 Å². The zero-order valence-corrected chi connectivity index (χ0v) is 10.7. The Bertz CT molecular complexity index is 371. The van der Waals surface area contributed by atoms with Gasteiger partial charge in [-0.25, -0.2) is 0 Å². The van der Waals surface area contributed by atoms with Crippen LogP contribution in [0, 0.1) is 5.92 Å². The summed E-state index contributed by atoms with van der Waals surface area (Å²) in [5, 5.41) is 3.52.